The van der Waals surface area contributed by atoms with Crippen LogP contribution in [0.1, 0.15) is 30.0 Å². The van der Waals surface area contributed by atoms with Crippen LogP contribution in [-0.4, -0.2) is 59.3 Å². The van der Waals surface area contributed by atoms with E-state index in [1.54, 1.807) is 6.07 Å². The van der Waals surface area contributed by atoms with Crippen LogP contribution in [0.2, 0.25) is 10.0 Å². The third-order valence-corrected chi connectivity index (χ3v) is 7.39. The van der Waals surface area contributed by atoms with Crippen LogP contribution < -0.4 is 5.32 Å². The van der Waals surface area contributed by atoms with Crippen LogP contribution in [0.25, 0.3) is 11.3 Å². The molecular weight excluding hydrogens is 491 g/mol. The zero-order valence-corrected chi connectivity index (χ0v) is 21.0. The Labute approximate surface area is 214 Å². The van der Waals surface area contributed by atoms with Gasteiger partial charge in [0.05, 0.1) is 35.0 Å². The Kier molecular flexibility index (Phi) is 7.37. The molecular formula is C25H26Cl2N4O2S. The number of nitrogens with zero attached hydrogens (tertiary/aromatic N) is 3. The van der Waals surface area contributed by atoms with Crippen molar-refractivity contribution >= 4 is 40.5 Å². The minimum Gasteiger partial charge on any atom is -0.459 e. The standard InChI is InChI=1S/C25H26Cl2N4O2S/c26-18-6-5-17(16-19(18)27)21-7-8-22(33-21)24-23(20-4-1-2-9-28-20)29-25(34)31(24)11-3-10-30-12-14-32-15-13-30/h1-2,4-9,16,23-24H,3,10-15H2,(H,29,34)/t23-,24+/m0/s1. The molecule has 0 bridgehead atoms. The van der Waals surface area contributed by atoms with E-state index >= 15 is 0 Å². The van der Waals surface area contributed by atoms with E-state index in [4.69, 9.17) is 44.6 Å². The number of nitrogens with one attached hydrogen (secondary N) is 1. The Hall–Kier alpha value is -2.16. The van der Waals surface area contributed by atoms with Crippen molar-refractivity contribution in [3.05, 3.63) is 76.2 Å². The molecule has 1 N–H and O–H groups in total. The van der Waals surface area contributed by atoms with Gasteiger partial charge in [0.25, 0.3) is 0 Å². The van der Waals surface area contributed by atoms with Crippen LogP contribution in [0.4, 0.5) is 0 Å². The fourth-order valence-electron chi connectivity index (χ4n) is 4.56. The first-order valence-corrected chi connectivity index (χ1v) is 12.6. The molecule has 9 heteroatoms. The van der Waals surface area contributed by atoms with Gasteiger partial charge in [-0.15, -0.1) is 0 Å². The first-order chi connectivity index (χ1) is 16.6. The number of aromatic nitrogens is 1. The van der Waals surface area contributed by atoms with Gasteiger partial charge in [-0.2, -0.15) is 0 Å². The SMILES string of the molecule is S=C1N[C@@H](c2ccccn2)[C@@H](c2ccc(-c3ccc(Cl)c(Cl)c3)o2)N1CCCN1CCOCC1. The average Bonchev–Trinajstić information content (AvgIpc) is 3.47. The third kappa shape index (κ3) is 5.09. The zero-order valence-electron chi connectivity index (χ0n) is 18.6. The van der Waals surface area contributed by atoms with E-state index < -0.39 is 0 Å². The smallest absolute Gasteiger partial charge is 0.170 e. The van der Waals surface area contributed by atoms with Crippen molar-refractivity contribution in [1.82, 2.24) is 20.1 Å². The summed E-state index contributed by atoms with van der Waals surface area (Å²) in [5.74, 6) is 1.56. The Bertz CT molecular complexity index is 1140. The third-order valence-electron chi connectivity index (χ3n) is 6.30. The summed E-state index contributed by atoms with van der Waals surface area (Å²) in [6.07, 6.45) is 2.80. The van der Waals surface area contributed by atoms with Gasteiger partial charge in [-0.25, -0.2) is 0 Å². The summed E-state index contributed by atoms with van der Waals surface area (Å²) in [6, 6.07) is 15.2. The number of benzene rings is 1. The van der Waals surface area contributed by atoms with Crippen molar-refractivity contribution in [1.29, 1.82) is 0 Å². The quantitative estimate of drug-likeness (QED) is 0.425. The number of halogens is 2. The first kappa shape index (κ1) is 23.6. The first-order valence-electron chi connectivity index (χ1n) is 11.4. The lowest BCUT2D eigenvalue weighted by molar-refractivity contribution is 0.0365. The predicted molar refractivity (Wildman–Crippen MR) is 138 cm³/mol. The number of rotatable bonds is 7. The molecule has 0 radical (unpaired) electrons. The van der Waals surface area contributed by atoms with Crippen molar-refractivity contribution in [2.45, 2.75) is 18.5 Å². The molecule has 0 aliphatic carbocycles. The molecule has 2 aromatic heterocycles. The normalized spacial score (nSPS) is 21.1. The summed E-state index contributed by atoms with van der Waals surface area (Å²) in [7, 11) is 0. The number of hydrogen-bond donors (Lipinski definition) is 1. The molecule has 5 rings (SSSR count). The van der Waals surface area contributed by atoms with Gasteiger partial charge in [-0.3, -0.25) is 9.88 Å². The number of ether oxygens (including phenoxy) is 1. The average molecular weight is 517 g/mol. The van der Waals surface area contributed by atoms with E-state index in [-0.39, 0.29) is 12.1 Å². The van der Waals surface area contributed by atoms with Crippen LogP contribution in [-0.2, 0) is 4.74 Å². The monoisotopic (exact) mass is 516 g/mol. The van der Waals surface area contributed by atoms with Crippen LogP contribution in [0.15, 0.2) is 59.1 Å². The van der Waals surface area contributed by atoms with Crippen LogP contribution >= 0.6 is 35.4 Å². The van der Waals surface area contributed by atoms with Gasteiger partial charge in [-0.1, -0.05) is 29.3 Å². The number of morpholine rings is 1. The highest BCUT2D eigenvalue weighted by atomic mass is 35.5. The number of thiocarbonyl (C=S) groups is 1. The van der Waals surface area contributed by atoms with E-state index in [1.807, 2.05) is 48.7 Å². The second-order valence-electron chi connectivity index (χ2n) is 8.46. The highest BCUT2D eigenvalue weighted by molar-refractivity contribution is 7.80. The maximum atomic E-state index is 6.38. The van der Waals surface area contributed by atoms with Crippen molar-refractivity contribution in [3.63, 3.8) is 0 Å². The van der Waals surface area contributed by atoms with Crippen molar-refractivity contribution in [3.8, 4) is 11.3 Å². The molecule has 2 fully saturated rings. The summed E-state index contributed by atoms with van der Waals surface area (Å²) in [5, 5.41) is 5.22. The highest BCUT2D eigenvalue weighted by Crippen LogP contribution is 2.41. The largest absolute Gasteiger partial charge is 0.459 e. The van der Waals surface area contributed by atoms with Gasteiger partial charge in [0, 0.05) is 37.9 Å². The van der Waals surface area contributed by atoms with Crippen molar-refractivity contribution in [2.24, 2.45) is 0 Å². The zero-order chi connectivity index (χ0) is 23.5. The molecule has 4 heterocycles. The van der Waals surface area contributed by atoms with Gasteiger partial charge in [-0.05, 0) is 61.1 Å². The minimum absolute atomic E-state index is 0.107. The molecule has 3 aromatic rings. The second-order valence-corrected chi connectivity index (χ2v) is 9.66. The van der Waals surface area contributed by atoms with E-state index in [0.717, 1.165) is 73.7 Å². The molecule has 0 saturated carbocycles. The Morgan fingerprint density at radius 1 is 1.03 bits per heavy atom. The van der Waals surface area contributed by atoms with Crippen LogP contribution in [0, 0.1) is 0 Å². The van der Waals surface area contributed by atoms with Gasteiger partial charge in [0.15, 0.2) is 5.11 Å². The maximum Gasteiger partial charge on any atom is 0.170 e. The van der Waals surface area contributed by atoms with Crippen molar-refractivity contribution in [2.75, 3.05) is 39.4 Å². The molecule has 2 aliphatic heterocycles. The predicted octanol–water partition coefficient (Wildman–Crippen LogP) is 5.34. The Balaban J connectivity index is 1.40. The lowest BCUT2D eigenvalue weighted by atomic mass is 10.0. The highest BCUT2D eigenvalue weighted by Gasteiger charge is 2.41. The molecule has 0 amide bonds. The van der Waals surface area contributed by atoms with Gasteiger partial charge in [0.1, 0.15) is 17.6 Å². The fraction of sp³-hybridized carbons (Fsp3) is 0.360. The molecule has 2 aliphatic rings. The molecule has 2 atom stereocenters. The number of pyridine rings is 1. The summed E-state index contributed by atoms with van der Waals surface area (Å²) < 4.78 is 11.8. The van der Waals surface area contributed by atoms with Gasteiger partial charge >= 0.3 is 0 Å². The van der Waals surface area contributed by atoms with Crippen LogP contribution in [0.5, 0.6) is 0 Å². The second kappa shape index (κ2) is 10.6. The van der Waals surface area contributed by atoms with Gasteiger partial charge < -0.3 is 19.4 Å². The Morgan fingerprint density at radius 2 is 1.88 bits per heavy atom. The minimum atomic E-state index is -0.108. The lowest BCUT2D eigenvalue weighted by Gasteiger charge is -2.29. The molecule has 0 spiro atoms. The van der Waals surface area contributed by atoms with E-state index in [0.29, 0.717) is 10.0 Å². The molecule has 6 nitrogen and oxygen atoms in total. The molecule has 178 valence electrons. The van der Waals surface area contributed by atoms with Gasteiger partial charge in [0.2, 0.25) is 0 Å². The summed E-state index contributed by atoms with van der Waals surface area (Å²) in [5.41, 5.74) is 1.81. The number of hydrogen-bond acceptors (Lipinski definition) is 5. The summed E-state index contributed by atoms with van der Waals surface area (Å²) in [6.45, 7) is 5.40. The van der Waals surface area contributed by atoms with Crippen LogP contribution in [0.3, 0.4) is 0 Å². The summed E-state index contributed by atoms with van der Waals surface area (Å²) in [4.78, 5) is 9.27. The lowest BCUT2D eigenvalue weighted by Crippen LogP contribution is -2.38. The molecule has 34 heavy (non-hydrogen) atoms. The topological polar surface area (TPSA) is 53.8 Å². The number of furan rings is 1. The molecule has 0 unspecified atom stereocenters. The summed E-state index contributed by atoms with van der Waals surface area (Å²) >= 11 is 18.1. The van der Waals surface area contributed by atoms with E-state index in [1.165, 1.54) is 0 Å². The molecule has 1 aromatic carbocycles. The maximum absolute atomic E-state index is 6.38. The van der Waals surface area contributed by atoms with E-state index in [2.05, 4.69) is 20.1 Å². The van der Waals surface area contributed by atoms with E-state index in [9.17, 15) is 0 Å². The fourth-order valence-corrected chi connectivity index (χ4v) is 5.19. The molecule has 2 saturated heterocycles. The Morgan fingerprint density at radius 3 is 2.65 bits per heavy atom. The van der Waals surface area contributed by atoms with Crippen molar-refractivity contribution < 1.29 is 9.15 Å².